The summed E-state index contributed by atoms with van der Waals surface area (Å²) in [6, 6.07) is 13.5. The Morgan fingerprint density at radius 1 is 1.19 bits per heavy atom. The van der Waals surface area contributed by atoms with Crippen LogP contribution in [0.15, 0.2) is 60.9 Å². The van der Waals surface area contributed by atoms with Gasteiger partial charge in [0.05, 0.1) is 11.6 Å². The van der Waals surface area contributed by atoms with Crippen molar-refractivity contribution in [1.29, 1.82) is 5.26 Å². The van der Waals surface area contributed by atoms with Gasteiger partial charge in [-0.25, -0.2) is 14.2 Å². The van der Waals surface area contributed by atoms with Crippen LogP contribution >= 0.6 is 0 Å². The lowest BCUT2D eigenvalue weighted by atomic mass is 10.1. The minimum Gasteiger partial charge on any atom is -0.336 e. The highest BCUT2D eigenvalue weighted by Crippen LogP contribution is 2.21. The number of urea groups is 1. The maximum Gasteiger partial charge on any atom is 0.320 e. The van der Waals surface area contributed by atoms with Crippen LogP contribution in [0.4, 0.5) is 14.9 Å². The summed E-state index contributed by atoms with van der Waals surface area (Å²) >= 11 is 0. The van der Waals surface area contributed by atoms with Crippen molar-refractivity contribution >= 4 is 11.7 Å². The Kier molecular flexibility index (Phi) is 4.94. The van der Waals surface area contributed by atoms with Gasteiger partial charge in [0, 0.05) is 25.1 Å². The smallest absolute Gasteiger partial charge is 0.320 e. The Hall–Kier alpha value is -3.66. The molecule has 0 aliphatic rings. The van der Waals surface area contributed by atoms with Gasteiger partial charge in [0.2, 0.25) is 0 Å². The molecule has 7 heteroatoms. The number of imidazole rings is 1. The maximum absolute atomic E-state index is 13.2. The van der Waals surface area contributed by atoms with E-state index in [0.717, 1.165) is 0 Å². The van der Waals surface area contributed by atoms with E-state index < -0.39 is 12.1 Å². The van der Waals surface area contributed by atoms with Gasteiger partial charge in [0.15, 0.2) is 0 Å². The molecule has 0 bridgehead atoms. The lowest BCUT2D eigenvalue weighted by Gasteiger charge is -2.19. The summed E-state index contributed by atoms with van der Waals surface area (Å²) in [7, 11) is 1.82. The van der Waals surface area contributed by atoms with Crippen molar-refractivity contribution in [2.24, 2.45) is 7.05 Å². The van der Waals surface area contributed by atoms with Crippen LogP contribution < -0.4 is 10.6 Å². The first-order valence-corrected chi connectivity index (χ1v) is 7.87. The van der Waals surface area contributed by atoms with Crippen molar-refractivity contribution in [3.8, 4) is 6.07 Å². The van der Waals surface area contributed by atoms with Crippen molar-refractivity contribution in [3.63, 3.8) is 0 Å². The van der Waals surface area contributed by atoms with E-state index in [2.05, 4.69) is 15.6 Å². The first-order chi connectivity index (χ1) is 12.6. The van der Waals surface area contributed by atoms with Crippen LogP contribution in [0.1, 0.15) is 23.0 Å². The number of aryl methyl sites for hydroxylation is 1. The van der Waals surface area contributed by atoms with Crippen LogP contribution in [-0.2, 0) is 7.05 Å². The first kappa shape index (κ1) is 17.2. The minimum absolute atomic E-state index is 0.352. The van der Waals surface area contributed by atoms with Crippen LogP contribution in [0, 0.1) is 17.1 Å². The molecular formula is C19H16FN5O. The SMILES string of the molecule is Cn1ccnc1[C@@H](NC(=O)Nc1ccc(C#N)cc1)c1ccc(F)cc1. The number of aromatic nitrogens is 2. The summed E-state index contributed by atoms with van der Waals surface area (Å²) in [5.41, 5.74) is 1.77. The molecule has 2 N–H and O–H groups in total. The summed E-state index contributed by atoms with van der Waals surface area (Å²) in [5.74, 6) is 0.265. The van der Waals surface area contributed by atoms with E-state index in [1.807, 2.05) is 13.1 Å². The second-order valence-corrected chi connectivity index (χ2v) is 5.67. The largest absolute Gasteiger partial charge is 0.336 e. The number of carbonyl (C=O) groups excluding carboxylic acids is 1. The number of nitrogens with one attached hydrogen (secondary N) is 2. The minimum atomic E-state index is -0.547. The van der Waals surface area contributed by atoms with Gasteiger partial charge >= 0.3 is 6.03 Å². The van der Waals surface area contributed by atoms with E-state index in [-0.39, 0.29) is 5.82 Å². The fourth-order valence-corrected chi connectivity index (χ4v) is 2.53. The lowest BCUT2D eigenvalue weighted by molar-refractivity contribution is 0.249. The van der Waals surface area contributed by atoms with E-state index >= 15 is 0 Å². The molecule has 0 saturated carbocycles. The number of carbonyl (C=O) groups is 1. The van der Waals surface area contributed by atoms with E-state index in [1.54, 1.807) is 53.4 Å². The third-order valence-corrected chi connectivity index (χ3v) is 3.87. The predicted octanol–water partition coefficient (Wildman–Crippen LogP) is 3.34. The molecule has 0 spiro atoms. The van der Waals surface area contributed by atoms with E-state index in [9.17, 15) is 9.18 Å². The van der Waals surface area contributed by atoms with E-state index in [1.165, 1.54) is 12.1 Å². The summed E-state index contributed by atoms with van der Waals surface area (Å²) in [6.07, 6.45) is 3.40. The normalized spacial score (nSPS) is 11.4. The molecule has 1 aromatic heterocycles. The van der Waals surface area contributed by atoms with Crippen molar-refractivity contribution < 1.29 is 9.18 Å². The second-order valence-electron chi connectivity index (χ2n) is 5.67. The van der Waals surface area contributed by atoms with Gasteiger partial charge in [-0.3, -0.25) is 0 Å². The highest BCUT2D eigenvalue weighted by Gasteiger charge is 2.20. The highest BCUT2D eigenvalue weighted by molar-refractivity contribution is 5.89. The van der Waals surface area contributed by atoms with Crippen LogP contribution in [-0.4, -0.2) is 15.6 Å². The van der Waals surface area contributed by atoms with Gasteiger partial charge in [0.25, 0.3) is 0 Å². The number of nitriles is 1. The zero-order chi connectivity index (χ0) is 18.5. The number of hydrogen-bond acceptors (Lipinski definition) is 3. The molecule has 2 aromatic carbocycles. The highest BCUT2D eigenvalue weighted by atomic mass is 19.1. The lowest BCUT2D eigenvalue weighted by Crippen LogP contribution is -2.34. The quantitative estimate of drug-likeness (QED) is 0.758. The zero-order valence-corrected chi connectivity index (χ0v) is 14.0. The Morgan fingerprint density at radius 3 is 2.46 bits per heavy atom. The molecular weight excluding hydrogens is 333 g/mol. The van der Waals surface area contributed by atoms with Crippen molar-refractivity contribution in [1.82, 2.24) is 14.9 Å². The molecule has 3 aromatic rings. The monoisotopic (exact) mass is 349 g/mol. The fraction of sp³-hybridized carbons (Fsp3) is 0.105. The number of benzene rings is 2. The molecule has 130 valence electrons. The second kappa shape index (κ2) is 7.49. The predicted molar refractivity (Wildman–Crippen MR) is 94.8 cm³/mol. The third-order valence-electron chi connectivity index (χ3n) is 3.87. The Balaban J connectivity index is 1.81. The molecule has 3 rings (SSSR count). The fourth-order valence-electron chi connectivity index (χ4n) is 2.53. The molecule has 0 saturated heterocycles. The van der Waals surface area contributed by atoms with Crippen molar-refractivity contribution in [3.05, 3.63) is 83.7 Å². The average molecular weight is 349 g/mol. The molecule has 0 aliphatic carbocycles. The number of rotatable bonds is 4. The van der Waals surface area contributed by atoms with Crippen LogP contribution in [0.25, 0.3) is 0 Å². The van der Waals surface area contributed by atoms with Crippen LogP contribution in [0.2, 0.25) is 0 Å². The number of halogens is 1. The zero-order valence-electron chi connectivity index (χ0n) is 14.0. The van der Waals surface area contributed by atoms with Gasteiger partial charge in [-0.05, 0) is 42.0 Å². The van der Waals surface area contributed by atoms with Crippen molar-refractivity contribution in [2.75, 3.05) is 5.32 Å². The van der Waals surface area contributed by atoms with E-state index in [0.29, 0.717) is 22.6 Å². The molecule has 0 aliphatic heterocycles. The molecule has 2 amide bonds. The Bertz CT molecular complexity index is 941. The summed E-state index contributed by atoms with van der Waals surface area (Å²) in [4.78, 5) is 16.7. The van der Waals surface area contributed by atoms with Crippen LogP contribution in [0.3, 0.4) is 0 Å². The van der Waals surface area contributed by atoms with Crippen molar-refractivity contribution in [2.45, 2.75) is 6.04 Å². The van der Waals surface area contributed by atoms with Crippen LogP contribution in [0.5, 0.6) is 0 Å². The summed E-state index contributed by atoms with van der Waals surface area (Å²) in [6.45, 7) is 0. The maximum atomic E-state index is 13.2. The Labute approximate surface area is 149 Å². The summed E-state index contributed by atoms with van der Waals surface area (Å²) < 4.78 is 15.0. The molecule has 1 atom stereocenters. The van der Waals surface area contributed by atoms with Gasteiger partial charge < -0.3 is 15.2 Å². The van der Waals surface area contributed by atoms with Gasteiger partial charge in [0.1, 0.15) is 17.7 Å². The molecule has 0 fully saturated rings. The van der Waals surface area contributed by atoms with Gasteiger partial charge in [-0.2, -0.15) is 5.26 Å². The number of amides is 2. The summed E-state index contributed by atoms with van der Waals surface area (Å²) in [5, 5.41) is 14.4. The first-order valence-electron chi connectivity index (χ1n) is 7.87. The van der Waals surface area contributed by atoms with E-state index in [4.69, 9.17) is 5.26 Å². The third kappa shape index (κ3) is 3.87. The molecule has 1 heterocycles. The van der Waals surface area contributed by atoms with Gasteiger partial charge in [-0.15, -0.1) is 0 Å². The number of hydrogen-bond donors (Lipinski definition) is 2. The standard InChI is InChI=1S/C19H16FN5O/c1-25-11-10-22-18(25)17(14-4-6-15(20)7-5-14)24-19(26)23-16-8-2-13(12-21)3-9-16/h2-11,17H,1H3,(H2,23,24,26)/t17-/m0/s1. The number of anilines is 1. The molecule has 0 unspecified atom stereocenters. The topological polar surface area (TPSA) is 82.7 Å². The number of nitrogens with zero attached hydrogens (tertiary/aromatic N) is 3. The average Bonchev–Trinajstić information content (AvgIpc) is 3.07. The molecule has 6 nitrogen and oxygen atoms in total. The molecule has 26 heavy (non-hydrogen) atoms. The molecule has 0 radical (unpaired) electrons. The Morgan fingerprint density at radius 2 is 1.88 bits per heavy atom. The van der Waals surface area contributed by atoms with Gasteiger partial charge in [-0.1, -0.05) is 12.1 Å².